The Morgan fingerprint density at radius 2 is 2.16 bits per heavy atom. The average molecular weight is 283 g/mol. The maximum atomic E-state index is 12.5. The van der Waals surface area contributed by atoms with Gasteiger partial charge in [-0.05, 0) is 19.0 Å². The van der Waals surface area contributed by atoms with Crippen molar-refractivity contribution in [3.8, 4) is 0 Å². The van der Waals surface area contributed by atoms with Crippen LogP contribution in [0.4, 0.5) is 0 Å². The van der Waals surface area contributed by atoms with Crippen molar-refractivity contribution < 1.29 is 8.42 Å². The molecule has 6 heteroatoms. The van der Waals surface area contributed by atoms with Crippen LogP contribution in [0.15, 0.2) is 29.3 Å². The fourth-order valence-corrected chi connectivity index (χ4v) is 3.64. The molecule has 1 aliphatic heterocycles. The third-order valence-corrected chi connectivity index (χ3v) is 5.13. The first-order valence-electron chi connectivity index (χ1n) is 6.57. The standard InChI is InChI=1S/C13H21N3O2S/c1-3-14-10-12-9-13(11-15(12)2)19(17,18)16-7-5-4-6-8-16/h4-5,9,11,14H,3,6-8,10H2,1-2H3. The summed E-state index contributed by atoms with van der Waals surface area (Å²) >= 11 is 0. The molecule has 1 aliphatic rings. The molecule has 0 saturated carbocycles. The molecular formula is C13H21N3O2S. The van der Waals surface area contributed by atoms with Gasteiger partial charge in [0.2, 0.25) is 10.0 Å². The van der Waals surface area contributed by atoms with E-state index >= 15 is 0 Å². The Bertz CT molecular complexity index is 560. The minimum absolute atomic E-state index is 0.387. The van der Waals surface area contributed by atoms with E-state index in [4.69, 9.17) is 0 Å². The summed E-state index contributed by atoms with van der Waals surface area (Å²) in [6.07, 6.45) is 6.41. The fourth-order valence-electron chi connectivity index (χ4n) is 2.13. The van der Waals surface area contributed by atoms with Crippen LogP contribution in [0.25, 0.3) is 0 Å². The number of nitrogens with one attached hydrogen (secondary N) is 1. The van der Waals surface area contributed by atoms with Gasteiger partial charge < -0.3 is 9.88 Å². The maximum Gasteiger partial charge on any atom is 0.244 e. The molecule has 0 atom stereocenters. The van der Waals surface area contributed by atoms with Crippen LogP contribution in [0, 0.1) is 0 Å². The van der Waals surface area contributed by atoms with Gasteiger partial charge >= 0.3 is 0 Å². The van der Waals surface area contributed by atoms with Crippen molar-refractivity contribution in [3.05, 3.63) is 30.1 Å². The molecule has 0 spiro atoms. The Kier molecular flexibility index (Phi) is 4.44. The van der Waals surface area contributed by atoms with Crippen LogP contribution >= 0.6 is 0 Å². The van der Waals surface area contributed by atoms with Gasteiger partial charge in [0.05, 0.1) is 0 Å². The topological polar surface area (TPSA) is 54.3 Å². The van der Waals surface area contributed by atoms with Gasteiger partial charge in [0, 0.05) is 38.6 Å². The zero-order chi connectivity index (χ0) is 13.9. The molecule has 19 heavy (non-hydrogen) atoms. The molecule has 2 heterocycles. The number of hydrogen-bond donors (Lipinski definition) is 1. The lowest BCUT2D eigenvalue weighted by molar-refractivity contribution is 0.437. The van der Waals surface area contributed by atoms with Gasteiger partial charge in [0.1, 0.15) is 4.90 Å². The summed E-state index contributed by atoms with van der Waals surface area (Å²) in [5.41, 5.74) is 0.980. The molecule has 0 unspecified atom stereocenters. The monoisotopic (exact) mass is 283 g/mol. The van der Waals surface area contributed by atoms with Crippen LogP contribution < -0.4 is 5.32 Å². The van der Waals surface area contributed by atoms with Crippen molar-refractivity contribution in [1.82, 2.24) is 14.2 Å². The van der Waals surface area contributed by atoms with Crippen LogP contribution in [-0.2, 0) is 23.6 Å². The molecule has 0 radical (unpaired) electrons. The number of aromatic nitrogens is 1. The first kappa shape index (κ1) is 14.3. The molecule has 2 rings (SSSR count). The zero-order valence-electron chi connectivity index (χ0n) is 11.5. The molecule has 0 amide bonds. The third-order valence-electron chi connectivity index (χ3n) is 3.30. The predicted octanol–water partition coefficient (Wildman–Crippen LogP) is 1.09. The highest BCUT2D eigenvalue weighted by Gasteiger charge is 2.25. The van der Waals surface area contributed by atoms with Gasteiger partial charge in [-0.1, -0.05) is 19.1 Å². The van der Waals surface area contributed by atoms with Gasteiger partial charge in [-0.25, -0.2) is 8.42 Å². The number of nitrogens with zero attached hydrogens (tertiary/aromatic N) is 2. The van der Waals surface area contributed by atoms with Gasteiger partial charge in [0.15, 0.2) is 0 Å². The smallest absolute Gasteiger partial charge is 0.244 e. The second-order valence-electron chi connectivity index (χ2n) is 4.68. The molecule has 0 bridgehead atoms. The molecule has 0 fully saturated rings. The van der Waals surface area contributed by atoms with Crippen LogP contribution in [0.1, 0.15) is 19.0 Å². The molecule has 5 nitrogen and oxygen atoms in total. The summed E-state index contributed by atoms with van der Waals surface area (Å²) in [5.74, 6) is 0. The van der Waals surface area contributed by atoms with E-state index in [9.17, 15) is 8.42 Å². The van der Waals surface area contributed by atoms with Gasteiger partial charge in [0.25, 0.3) is 0 Å². The van der Waals surface area contributed by atoms with Crippen molar-refractivity contribution in [2.45, 2.75) is 24.8 Å². The Morgan fingerprint density at radius 1 is 1.37 bits per heavy atom. The third kappa shape index (κ3) is 3.08. The normalized spacial score (nSPS) is 16.9. The lowest BCUT2D eigenvalue weighted by atomic mass is 10.3. The minimum Gasteiger partial charge on any atom is -0.352 e. The van der Waals surface area contributed by atoms with Gasteiger partial charge in [-0.3, -0.25) is 0 Å². The van der Waals surface area contributed by atoms with Crippen LogP contribution in [-0.4, -0.2) is 36.9 Å². The minimum atomic E-state index is -3.36. The van der Waals surface area contributed by atoms with Crippen molar-refractivity contribution in [1.29, 1.82) is 0 Å². The Hall–Kier alpha value is -1.11. The predicted molar refractivity (Wildman–Crippen MR) is 75.3 cm³/mol. The van der Waals surface area contributed by atoms with E-state index in [2.05, 4.69) is 5.32 Å². The first-order valence-corrected chi connectivity index (χ1v) is 8.01. The zero-order valence-corrected chi connectivity index (χ0v) is 12.3. The van der Waals surface area contributed by atoms with Gasteiger partial charge in [-0.15, -0.1) is 0 Å². The van der Waals surface area contributed by atoms with E-state index in [0.717, 1.165) is 18.7 Å². The van der Waals surface area contributed by atoms with Crippen molar-refractivity contribution in [3.63, 3.8) is 0 Å². The maximum absolute atomic E-state index is 12.5. The number of aryl methyl sites for hydroxylation is 1. The molecule has 1 N–H and O–H groups in total. The van der Waals surface area contributed by atoms with E-state index in [0.29, 0.717) is 24.5 Å². The average Bonchev–Trinajstić information content (AvgIpc) is 2.79. The van der Waals surface area contributed by atoms with Crippen molar-refractivity contribution in [2.75, 3.05) is 19.6 Å². The highest BCUT2D eigenvalue weighted by atomic mass is 32.2. The molecule has 0 aliphatic carbocycles. The second-order valence-corrected chi connectivity index (χ2v) is 6.62. The summed E-state index contributed by atoms with van der Waals surface area (Å²) in [4.78, 5) is 0.387. The largest absolute Gasteiger partial charge is 0.352 e. The van der Waals surface area contributed by atoms with E-state index in [1.165, 1.54) is 4.31 Å². The lowest BCUT2D eigenvalue weighted by Gasteiger charge is -2.21. The molecular weight excluding hydrogens is 262 g/mol. The van der Waals surface area contributed by atoms with Crippen LogP contribution in [0.2, 0.25) is 0 Å². The Labute approximate surface area is 115 Å². The molecule has 106 valence electrons. The fraction of sp³-hybridized carbons (Fsp3) is 0.538. The van der Waals surface area contributed by atoms with E-state index in [1.54, 1.807) is 12.3 Å². The summed E-state index contributed by atoms with van der Waals surface area (Å²) < 4.78 is 28.4. The number of hydrogen-bond acceptors (Lipinski definition) is 3. The molecule has 0 aromatic carbocycles. The number of sulfonamides is 1. The van der Waals surface area contributed by atoms with E-state index < -0.39 is 10.0 Å². The Morgan fingerprint density at radius 3 is 2.79 bits per heavy atom. The second kappa shape index (κ2) is 5.90. The highest BCUT2D eigenvalue weighted by molar-refractivity contribution is 7.89. The van der Waals surface area contributed by atoms with Crippen molar-refractivity contribution >= 4 is 10.0 Å². The first-order chi connectivity index (χ1) is 9.05. The summed E-state index contributed by atoms with van der Waals surface area (Å²) in [6.45, 7) is 4.61. The summed E-state index contributed by atoms with van der Waals surface area (Å²) in [7, 11) is -1.48. The van der Waals surface area contributed by atoms with Crippen LogP contribution in [0.3, 0.4) is 0 Å². The van der Waals surface area contributed by atoms with Crippen molar-refractivity contribution in [2.24, 2.45) is 7.05 Å². The van der Waals surface area contributed by atoms with Gasteiger partial charge in [-0.2, -0.15) is 4.31 Å². The lowest BCUT2D eigenvalue weighted by Crippen LogP contribution is -2.33. The molecule has 1 aromatic rings. The summed E-state index contributed by atoms with van der Waals surface area (Å²) in [6, 6.07) is 1.76. The highest BCUT2D eigenvalue weighted by Crippen LogP contribution is 2.20. The summed E-state index contributed by atoms with van der Waals surface area (Å²) in [5, 5.41) is 3.21. The molecule has 0 saturated heterocycles. The SMILES string of the molecule is CCNCc1cc(S(=O)(=O)N2CC=CCC2)cn1C. The quantitative estimate of drug-likeness (QED) is 0.823. The number of rotatable bonds is 5. The van der Waals surface area contributed by atoms with Crippen LogP contribution in [0.5, 0.6) is 0 Å². The molecule has 1 aromatic heterocycles. The van der Waals surface area contributed by atoms with E-state index in [1.807, 2.05) is 30.7 Å². The van der Waals surface area contributed by atoms with E-state index in [-0.39, 0.29) is 0 Å². The Balaban J connectivity index is 2.23.